The number of hydrogen-bond donors (Lipinski definition) is 0. The normalized spacial score (nSPS) is 10.4. The molecule has 1 aromatic carbocycles. The van der Waals surface area contributed by atoms with Crippen LogP contribution < -0.4 is 4.74 Å². The Balaban J connectivity index is 2.31. The molecule has 2 nitrogen and oxygen atoms in total. The average molecular weight is 256 g/mol. The molecule has 17 heavy (non-hydrogen) atoms. The van der Waals surface area contributed by atoms with Crippen LogP contribution in [0.15, 0.2) is 30.3 Å². The van der Waals surface area contributed by atoms with Gasteiger partial charge in [0.25, 0.3) is 0 Å². The van der Waals surface area contributed by atoms with Crippen molar-refractivity contribution in [2.45, 2.75) is 6.92 Å². The number of rotatable bonds is 2. The lowest BCUT2D eigenvalue weighted by molar-refractivity contribution is 0.436. The number of benzene rings is 1. The first-order chi connectivity index (χ1) is 8.06. The first-order valence-electron chi connectivity index (χ1n) is 4.82. The highest BCUT2D eigenvalue weighted by molar-refractivity contribution is 6.30. The maximum absolute atomic E-state index is 13.3. The fourth-order valence-corrected chi connectivity index (χ4v) is 1.50. The van der Waals surface area contributed by atoms with Crippen LogP contribution in [0.1, 0.15) is 5.69 Å². The van der Waals surface area contributed by atoms with Gasteiger partial charge in [-0.1, -0.05) is 11.6 Å². The van der Waals surface area contributed by atoms with Crippen molar-refractivity contribution < 1.29 is 13.5 Å². The van der Waals surface area contributed by atoms with E-state index in [1.165, 1.54) is 6.07 Å². The second-order valence-electron chi connectivity index (χ2n) is 3.42. The number of nitrogens with zero attached hydrogens (tertiary/aromatic N) is 1. The molecular weight excluding hydrogens is 248 g/mol. The third kappa shape index (κ3) is 2.71. The maximum atomic E-state index is 13.3. The Morgan fingerprint density at radius 3 is 2.47 bits per heavy atom. The van der Waals surface area contributed by atoms with Crippen LogP contribution in [0.5, 0.6) is 11.5 Å². The van der Waals surface area contributed by atoms with E-state index in [9.17, 15) is 8.78 Å². The number of ether oxygens (including phenoxy) is 1. The Morgan fingerprint density at radius 1 is 1.12 bits per heavy atom. The third-order valence-electron chi connectivity index (χ3n) is 2.07. The molecule has 1 aromatic heterocycles. The highest BCUT2D eigenvalue weighted by Gasteiger charge is 2.09. The maximum Gasteiger partial charge on any atom is 0.171 e. The number of aryl methyl sites for hydroxylation is 1. The van der Waals surface area contributed by atoms with E-state index in [1.807, 2.05) is 0 Å². The summed E-state index contributed by atoms with van der Waals surface area (Å²) < 4.78 is 31.2. The average Bonchev–Trinajstić information content (AvgIpc) is 2.25. The minimum Gasteiger partial charge on any atom is -0.451 e. The van der Waals surface area contributed by atoms with Crippen molar-refractivity contribution in [3.8, 4) is 11.5 Å². The molecule has 2 rings (SSSR count). The van der Waals surface area contributed by atoms with Crippen molar-refractivity contribution in [3.05, 3.63) is 52.8 Å². The number of pyridine rings is 1. The SMILES string of the molecule is Cc1ccc(Oc2ccc(F)cc2F)c(Cl)n1. The molecule has 1 heterocycles. The van der Waals surface area contributed by atoms with Gasteiger partial charge < -0.3 is 4.74 Å². The molecule has 5 heteroatoms. The van der Waals surface area contributed by atoms with Crippen molar-refractivity contribution in [1.82, 2.24) is 4.98 Å². The fourth-order valence-electron chi connectivity index (χ4n) is 1.26. The van der Waals surface area contributed by atoms with E-state index in [2.05, 4.69) is 4.98 Å². The molecular formula is C12H8ClF2NO. The van der Waals surface area contributed by atoms with E-state index in [1.54, 1.807) is 19.1 Å². The summed E-state index contributed by atoms with van der Waals surface area (Å²) >= 11 is 5.83. The zero-order valence-electron chi connectivity index (χ0n) is 8.88. The first-order valence-corrected chi connectivity index (χ1v) is 5.20. The fraction of sp³-hybridized carbons (Fsp3) is 0.0833. The van der Waals surface area contributed by atoms with Gasteiger partial charge in [-0.3, -0.25) is 0 Å². The molecule has 0 saturated heterocycles. The summed E-state index contributed by atoms with van der Waals surface area (Å²) in [7, 11) is 0. The molecule has 0 aliphatic rings. The van der Waals surface area contributed by atoms with Gasteiger partial charge in [0.2, 0.25) is 0 Å². The van der Waals surface area contributed by atoms with Gasteiger partial charge in [-0.2, -0.15) is 0 Å². The number of hydrogen-bond acceptors (Lipinski definition) is 2. The van der Waals surface area contributed by atoms with Crippen molar-refractivity contribution in [2.75, 3.05) is 0 Å². The molecule has 0 fully saturated rings. The van der Waals surface area contributed by atoms with Crippen LogP contribution in [-0.4, -0.2) is 4.98 Å². The van der Waals surface area contributed by atoms with Crippen molar-refractivity contribution in [2.24, 2.45) is 0 Å². The minimum absolute atomic E-state index is 0.0982. The van der Waals surface area contributed by atoms with Gasteiger partial charge in [0.15, 0.2) is 22.5 Å². The van der Waals surface area contributed by atoms with E-state index in [-0.39, 0.29) is 16.7 Å². The molecule has 0 atom stereocenters. The van der Waals surface area contributed by atoms with Crippen LogP contribution in [0.25, 0.3) is 0 Å². The van der Waals surface area contributed by atoms with Gasteiger partial charge in [-0.25, -0.2) is 13.8 Å². The van der Waals surface area contributed by atoms with Crippen molar-refractivity contribution >= 4 is 11.6 Å². The van der Waals surface area contributed by atoms with Gasteiger partial charge in [-0.15, -0.1) is 0 Å². The molecule has 0 unspecified atom stereocenters. The predicted octanol–water partition coefficient (Wildman–Crippen LogP) is 4.11. The molecule has 0 radical (unpaired) electrons. The Kier molecular flexibility index (Phi) is 3.24. The van der Waals surface area contributed by atoms with E-state index < -0.39 is 11.6 Å². The lowest BCUT2D eigenvalue weighted by Crippen LogP contribution is -1.92. The lowest BCUT2D eigenvalue weighted by Gasteiger charge is -2.08. The minimum atomic E-state index is -0.790. The Hall–Kier alpha value is -1.68. The molecule has 0 spiro atoms. The molecule has 0 aliphatic heterocycles. The summed E-state index contributed by atoms with van der Waals surface area (Å²) in [5, 5.41) is 0.133. The Labute approximate surface area is 102 Å². The second-order valence-corrected chi connectivity index (χ2v) is 3.78. The summed E-state index contributed by atoms with van der Waals surface area (Å²) in [6.45, 7) is 1.77. The number of aromatic nitrogens is 1. The Morgan fingerprint density at radius 2 is 1.82 bits per heavy atom. The van der Waals surface area contributed by atoms with E-state index in [4.69, 9.17) is 16.3 Å². The number of halogens is 3. The van der Waals surface area contributed by atoms with Gasteiger partial charge in [0, 0.05) is 11.8 Å². The van der Waals surface area contributed by atoms with Crippen LogP contribution in [0.4, 0.5) is 8.78 Å². The van der Waals surface area contributed by atoms with Crippen LogP contribution in [0.2, 0.25) is 5.15 Å². The van der Waals surface area contributed by atoms with Crippen LogP contribution in [0, 0.1) is 18.6 Å². The highest BCUT2D eigenvalue weighted by Crippen LogP contribution is 2.29. The highest BCUT2D eigenvalue weighted by atomic mass is 35.5. The van der Waals surface area contributed by atoms with E-state index in [0.717, 1.165) is 17.8 Å². The van der Waals surface area contributed by atoms with E-state index >= 15 is 0 Å². The smallest absolute Gasteiger partial charge is 0.171 e. The topological polar surface area (TPSA) is 22.1 Å². The monoisotopic (exact) mass is 255 g/mol. The Bertz CT molecular complexity index is 511. The molecule has 2 aromatic rings. The zero-order valence-corrected chi connectivity index (χ0v) is 9.63. The van der Waals surface area contributed by atoms with Crippen molar-refractivity contribution in [1.29, 1.82) is 0 Å². The second kappa shape index (κ2) is 4.67. The molecule has 0 aliphatic carbocycles. The van der Waals surface area contributed by atoms with Crippen LogP contribution >= 0.6 is 11.6 Å². The van der Waals surface area contributed by atoms with E-state index in [0.29, 0.717) is 0 Å². The standard InChI is InChI=1S/C12H8ClF2NO/c1-7-2-4-11(12(13)16-7)17-10-5-3-8(14)6-9(10)15/h2-6H,1H3. The van der Waals surface area contributed by atoms with Crippen LogP contribution in [0.3, 0.4) is 0 Å². The molecule has 88 valence electrons. The summed E-state index contributed by atoms with van der Waals surface area (Å²) in [6.07, 6.45) is 0. The van der Waals surface area contributed by atoms with Gasteiger partial charge in [-0.05, 0) is 31.2 Å². The van der Waals surface area contributed by atoms with Crippen LogP contribution in [-0.2, 0) is 0 Å². The summed E-state index contributed by atoms with van der Waals surface area (Å²) in [6, 6.07) is 6.30. The quantitative estimate of drug-likeness (QED) is 0.754. The lowest BCUT2D eigenvalue weighted by atomic mass is 10.3. The van der Waals surface area contributed by atoms with Gasteiger partial charge >= 0.3 is 0 Å². The molecule has 0 N–H and O–H groups in total. The molecule has 0 saturated carbocycles. The van der Waals surface area contributed by atoms with Gasteiger partial charge in [0.1, 0.15) is 5.82 Å². The molecule has 0 amide bonds. The predicted molar refractivity (Wildman–Crippen MR) is 60.4 cm³/mol. The summed E-state index contributed by atoms with van der Waals surface area (Å²) in [5.74, 6) is -1.33. The van der Waals surface area contributed by atoms with Crippen molar-refractivity contribution in [3.63, 3.8) is 0 Å². The first kappa shape index (κ1) is 11.8. The van der Waals surface area contributed by atoms with Gasteiger partial charge in [0.05, 0.1) is 0 Å². The third-order valence-corrected chi connectivity index (χ3v) is 2.34. The summed E-state index contributed by atoms with van der Waals surface area (Å²) in [4.78, 5) is 3.96. The largest absolute Gasteiger partial charge is 0.451 e. The zero-order chi connectivity index (χ0) is 12.4. The molecule has 0 bridgehead atoms. The summed E-state index contributed by atoms with van der Waals surface area (Å²) in [5.41, 5.74) is 0.724.